The van der Waals surface area contributed by atoms with E-state index >= 15 is 0 Å². The summed E-state index contributed by atoms with van der Waals surface area (Å²) in [5.74, 6) is 0.210. The zero-order chi connectivity index (χ0) is 30.2. The quantitative estimate of drug-likeness (QED) is 0.243. The van der Waals surface area contributed by atoms with Gasteiger partial charge in [-0.2, -0.15) is 0 Å². The molecule has 0 spiro atoms. The summed E-state index contributed by atoms with van der Waals surface area (Å²) < 4.78 is 32.6. The Bertz CT molecular complexity index is 1420. The minimum Gasteiger partial charge on any atom is -0.457 e. The number of nitrogens with zero attached hydrogens (tertiary/aromatic N) is 2. The number of hydrogen-bond acceptors (Lipinski definition) is 5. The maximum atomic E-state index is 13.9. The number of nitrogens with one attached hydrogen (secondary N) is 1. The van der Waals surface area contributed by atoms with Crippen molar-refractivity contribution in [2.24, 2.45) is 0 Å². The average molecular weight is 621 g/mol. The summed E-state index contributed by atoms with van der Waals surface area (Å²) >= 11 is 12.8. The van der Waals surface area contributed by atoms with E-state index < -0.39 is 28.5 Å². The first-order valence-electron chi connectivity index (χ1n) is 13.3. The van der Waals surface area contributed by atoms with E-state index in [-0.39, 0.29) is 24.2 Å². The van der Waals surface area contributed by atoms with Gasteiger partial charge >= 0.3 is 0 Å². The number of ether oxygens (including phenoxy) is 1. The topological polar surface area (TPSA) is 96.0 Å². The molecule has 0 aliphatic heterocycles. The van der Waals surface area contributed by atoms with Crippen molar-refractivity contribution in [2.75, 3.05) is 17.1 Å². The largest absolute Gasteiger partial charge is 0.457 e. The highest BCUT2D eigenvalue weighted by atomic mass is 35.5. The third kappa shape index (κ3) is 8.86. The van der Waals surface area contributed by atoms with Crippen molar-refractivity contribution in [2.45, 2.75) is 52.2 Å². The minimum atomic E-state index is -3.89. The molecule has 2 unspecified atom stereocenters. The van der Waals surface area contributed by atoms with Crippen LogP contribution in [0.5, 0.6) is 11.5 Å². The number of benzene rings is 3. The molecule has 3 rings (SSSR count). The molecule has 0 aliphatic rings. The molecular weight excluding hydrogens is 585 g/mol. The van der Waals surface area contributed by atoms with Gasteiger partial charge in [0.15, 0.2) is 0 Å². The van der Waals surface area contributed by atoms with Gasteiger partial charge in [-0.15, -0.1) is 0 Å². The molecule has 220 valence electrons. The molecule has 0 radical (unpaired) electrons. The van der Waals surface area contributed by atoms with Crippen LogP contribution in [0.1, 0.15) is 39.2 Å². The van der Waals surface area contributed by atoms with Crippen LogP contribution in [-0.2, 0) is 26.2 Å². The first-order valence-corrected chi connectivity index (χ1v) is 15.9. The Labute approximate surface area is 252 Å². The number of rotatable bonds is 13. The second-order valence-electron chi connectivity index (χ2n) is 9.64. The van der Waals surface area contributed by atoms with E-state index in [1.54, 1.807) is 61.5 Å². The summed E-state index contributed by atoms with van der Waals surface area (Å²) in [7, 11) is -3.89. The molecule has 0 saturated heterocycles. The van der Waals surface area contributed by atoms with Gasteiger partial charge in [-0.1, -0.05) is 61.3 Å². The molecule has 0 fully saturated rings. The number of halogens is 2. The van der Waals surface area contributed by atoms with Crippen LogP contribution in [-0.4, -0.2) is 50.0 Å². The summed E-state index contributed by atoms with van der Waals surface area (Å²) in [6.45, 7) is 4.99. The molecule has 41 heavy (non-hydrogen) atoms. The molecule has 0 aromatic heterocycles. The lowest BCUT2D eigenvalue weighted by Crippen LogP contribution is -2.53. The van der Waals surface area contributed by atoms with Gasteiger partial charge in [-0.05, 0) is 68.3 Å². The summed E-state index contributed by atoms with van der Waals surface area (Å²) in [4.78, 5) is 28.5. The van der Waals surface area contributed by atoms with E-state index in [0.29, 0.717) is 39.9 Å². The van der Waals surface area contributed by atoms with E-state index in [0.717, 1.165) is 10.6 Å². The molecule has 0 heterocycles. The van der Waals surface area contributed by atoms with Gasteiger partial charge in [0.1, 0.15) is 24.1 Å². The Hall–Kier alpha value is -3.27. The molecule has 2 atom stereocenters. The van der Waals surface area contributed by atoms with Crippen LogP contribution in [0.15, 0.2) is 72.8 Å². The van der Waals surface area contributed by atoms with E-state index in [4.69, 9.17) is 27.9 Å². The lowest BCUT2D eigenvalue weighted by atomic mass is 10.1. The molecule has 1 N–H and O–H groups in total. The third-order valence-corrected chi connectivity index (χ3v) is 8.41. The predicted octanol–water partition coefficient (Wildman–Crippen LogP) is 6.27. The lowest BCUT2D eigenvalue weighted by Gasteiger charge is -2.33. The van der Waals surface area contributed by atoms with Crippen molar-refractivity contribution in [3.63, 3.8) is 0 Å². The summed E-state index contributed by atoms with van der Waals surface area (Å²) in [6.07, 6.45) is 2.02. The maximum Gasteiger partial charge on any atom is 0.244 e. The smallest absolute Gasteiger partial charge is 0.244 e. The molecule has 0 bridgehead atoms. The van der Waals surface area contributed by atoms with Gasteiger partial charge in [0.25, 0.3) is 0 Å². The standard InChI is InChI=1S/C30H35Cl2N3O5S/c1-5-21(3)33-30(37)28(6-2)34(19-25-26(31)13-10-14-27(25)32)29(36)20-35(41(4,38)39)22-15-17-24(18-16-22)40-23-11-8-7-9-12-23/h7-18,21,28H,5-6,19-20H2,1-4H3,(H,33,37). The van der Waals surface area contributed by atoms with Gasteiger partial charge in [0.05, 0.1) is 11.9 Å². The summed E-state index contributed by atoms with van der Waals surface area (Å²) in [6, 6.07) is 19.5. The first kappa shape index (κ1) is 32.2. The fraction of sp³-hybridized carbons (Fsp3) is 0.333. The molecule has 0 aliphatic carbocycles. The SMILES string of the molecule is CCC(C)NC(=O)C(CC)N(Cc1c(Cl)cccc1Cl)C(=O)CN(c1ccc(Oc2ccccc2)cc1)S(C)(=O)=O. The molecule has 11 heteroatoms. The van der Waals surface area contributed by atoms with Crippen LogP contribution in [0, 0.1) is 0 Å². The van der Waals surface area contributed by atoms with E-state index in [1.165, 1.54) is 4.90 Å². The van der Waals surface area contributed by atoms with Crippen molar-refractivity contribution < 1.29 is 22.7 Å². The van der Waals surface area contributed by atoms with Crippen LogP contribution in [0.25, 0.3) is 0 Å². The molecule has 3 aromatic rings. The number of carbonyl (C=O) groups excluding carboxylic acids is 2. The molecule has 3 aromatic carbocycles. The maximum absolute atomic E-state index is 13.9. The number of carbonyl (C=O) groups is 2. The van der Waals surface area contributed by atoms with Crippen LogP contribution in [0.2, 0.25) is 10.0 Å². The fourth-order valence-corrected chi connectivity index (χ4v) is 5.50. The molecular formula is C30H35Cl2N3O5S. The van der Waals surface area contributed by atoms with Crippen LogP contribution in [0.4, 0.5) is 5.69 Å². The highest BCUT2D eigenvalue weighted by molar-refractivity contribution is 7.92. The van der Waals surface area contributed by atoms with E-state index in [9.17, 15) is 18.0 Å². The second-order valence-corrected chi connectivity index (χ2v) is 12.4. The molecule has 8 nitrogen and oxygen atoms in total. The van der Waals surface area contributed by atoms with Gasteiger partial charge in [0.2, 0.25) is 21.8 Å². The minimum absolute atomic E-state index is 0.0781. The summed E-state index contributed by atoms with van der Waals surface area (Å²) in [5.41, 5.74) is 0.737. The number of amides is 2. The van der Waals surface area contributed by atoms with Crippen molar-refractivity contribution in [3.8, 4) is 11.5 Å². The third-order valence-electron chi connectivity index (χ3n) is 6.56. The fourth-order valence-electron chi connectivity index (χ4n) is 4.13. The normalized spacial score (nSPS) is 12.7. The van der Waals surface area contributed by atoms with Crippen molar-refractivity contribution >= 4 is 50.7 Å². The Kier molecular flexibility index (Phi) is 11.5. The highest BCUT2D eigenvalue weighted by Gasteiger charge is 2.33. The Morgan fingerprint density at radius 2 is 1.46 bits per heavy atom. The number of para-hydroxylation sites is 1. The number of sulfonamides is 1. The zero-order valence-electron chi connectivity index (χ0n) is 23.5. The Morgan fingerprint density at radius 3 is 2.00 bits per heavy atom. The van der Waals surface area contributed by atoms with Crippen molar-refractivity contribution in [1.29, 1.82) is 0 Å². The van der Waals surface area contributed by atoms with E-state index in [2.05, 4.69) is 5.32 Å². The summed E-state index contributed by atoms with van der Waals surface area (Å²) in [5, 5.41) is 3.60. The van der Waals surface area contributed by atoms with Gasteiger partial charge in [-0.3, -0.25) is 13.9 Å². The van der Waals surface area contributed by atoms with Crippen LogP contribution >= 0.6 is 23.2 Å². The zero-order valence-corrected chi connectivity index (χ0v) is 25.8. The van der Waals surface area contributed by atoms with Gasteiger partial charge < -0.3 is 15.0 Å². The number of anilines is 1. The van der Waals surface area contributed by atoms with Crippen LogP contribution in [0.3, 0.4) is 0 Å². The van der Waals surface area contributed by atoms with Gasteiger partial charge in [-0.25, -0.2) is 8.42 Å². The van der Waals surface area contributed by atoms with Crippen LogP contribution < -0.4 is 14.4 Å². The lowest BCUT2D eigenvalue weighted by molar-refractivity contribution is -0.140. The van der Waals surface area contributed by atoms with E-state index in [1.807, 2.05) is 32.0 Å². The highest BCUT2D eigenvalue weighted by Crippen LogP contribution is 2.29. The molecule has 2 amide bonds. The Morgan fingerprint density at radius 1 is 0.878 bits per heavy atom. The van der Waals surface area contributed by atoms with Crippen molar-refractivity contribution in [1.82, 2.24) is 10.2 Å². The monoisotopic (exact) mass is 619 g/mol. The van der Waals surface area contributed by atoms with Crippen molar-refractivity contribution in [3.05, 3.63) is 88.4 Å². The second kappa shape index (κ2) is 14.6. The average Bonchev–Trinajstić information content (AvgIpc) is 2.93. The van der Waals surface area contributed by atoms with Gasteiger partial charge in [0, 0.05) is 28.2 Å². The first-order chi connectivity index (χ1) is 19.4. The number of hydrogen-bond donors (Lipinski definition) is 1. The Balaban J connectivity index is 1.94. The molecule has 0 saturated carbocycles. The predicted molar refractivity (Wildman–Crippen MR) is 164 cm³/mol.